The van der Waals surface area contributed by atoms with Crippen molar-refractivity contribution in [3.05, 3.63) is 5.82 Å². The van der Waals surface area contributed by atoms with Gasteiger partial charge in [-0.05, 0) is 0 Å². The first-order chi connectivity index (χ1) is 6.19. The summed E-state index contributed by atoms with van der Waals surface area (Å²) in [6, 6.07) is 0. The third kappa shape index (κ3) is 2.00. The number of ether oxygens (including phenoxy) is 1. The molecule has 0 atom stereocenters. The summed E-state index contributed by atoms with van der Waals surface area (Å²) in [5, 5.41) is 0.292. The molecule has 0 aliphatic heterocycles. The van der Waals surface area contributed by atoms with Crippen molar-refractivity contribution < 1.29 is 9.53 Å². The monoisotopic (exact) mass is 200 g/mol. The van der Waals surface area contributed by atoms with Gasteiger partial charge in [-0.25, -0.2) is 4.79 Å². The molecule has 0 unspecified atom stereocenters. The zero-order valence-corrected chi connectivity index (χ0v) is 7.96. The van der Waals surface area contributed by atoms with E-state index in [1.807, 2.05) is 0 Å². The summed E-state index contributed by atoms with van der Waals surface area (Å²) in [6.45, 7) is 0. The molecule has 70 valence electrons. The first-order valence-corrected chi connectivity index (χ1v) is 4.11. The number of rotatable bonds is 2. The Bertz CT molecular complexity index is 346. The molecule has 0 aliphatic rings. The third-order valence-corrected chi connectivity index (χ3v) is 1.80. The van der Waals surface area contributed by atoms with Crippen molar-refractivity contribution in [1.82, 2.24) is 9.36 Å². The average Bonchev–Trinajstić information content (AvgIpc) is 2.53. The first kappa shape index (κ1) is 9.59. The van der Waals surface area contributed by atoms with E-state index in [4.69, 9.17) is 5.73 Å². The van der Waals surface area contributed by atoms with Crippen LogP contribution in [-0.4, -0.2) is 35.2 Å². The van der Waals surface area contributed by atoms with Crippen molar-refractivity contribution in [2.24, 2.45) is 4.99 Å². The molecule has 6 nitrogen and oxygen atoms in total. The van der Waals surface area contributed by atoms with Crippen LogP contribution < -0.4 is 5.73 Å². The second kappa shape index (κ2) is 3.94. The number of nitrogens with zero attached hydrogens (tertiary/aromatic N) is 3. The molecule has 1 aromatic rings. The number of aliphatic imine (C=N–C) groups is 1. The Balaban J connectivity index is 2.99. The summed E-state index contributed by atoms with van der Waals surface area (Å²) in [7, 11) is 2.73. The van der Waals surface area contributed by atoms with Gasteiger partial charge >= 0.3 is 5.97 Å². The van der Waals surface area contributed by atoms with Crippen molar-refractivity contribution >= 4 is 28.3 Å². The topological polar surface area (TPSA) is 90.5 Å². The van der Waals surface area contributed by atoms with Crippen molar-refractivity contribution in [3.8, 4) is 0 Å². The Morgan fingerprint density at radius 3 is 2.77 bits per heavy atom. The van der Waals surface area contributed by atoms with Crippen LogP contribution in [0.5, 0.6) is 0 Å². The predicted octanol–water partition coefficient (Wildman–Crippen LogP) is -0.288. The minimum Gasteiger partial charge on any atom is -0.464 e. The lowest BCUT2D eigenvalue weighted by atomic mass is 10.3. The van der Waals surface area contributed by atoms with Gasteiger partial charge in [0.05, 0.1) is 7.11 Å². The van der Waals surface area contributed by atoms with Crippen molar-refractivity contribution in [3.63, 3.8) is 0 Å². The standard InChI is InChI=1S/C6H8N4O2S/c1-8-3(5(11)12-2)4-9-6(7)13-10-4/h1-2H3,(H2,7,9,10). The van der Waals surface area contributed by atoms with Gasteiger partial charge in [0.1, 0.15) is 0 Å². The normalized spacial score (nSPS) is 11.4. The van der Waals surface area contributed by atoms with Crippen LogP contribution in [0, 0.1) is 0 Å². The van der Waals surface area contributed by atoms with Gasteiger partial charge in [-0.2, -0.15) is 9.36 Å². The molecule has 0 spiro atoms. The SMILES string of the molecule is CN=C(C(=O)OC)c1nsc(N)n1. The molecule has 0 amide bonds. The fraction of sp³-hybridized carbons (Fsp3) is 0.333. The summed E-state index contributed by atoms with van der Waals surface area (Å²) in [6.07, 6.45) is 0. The molecule has 1 aromatic heterocycles. The van der Waals surface area contributed by atoms with Gasteiger partial charge in [-0.15, -0.1) is 0 Å². The Kier molecular flexibility index (Phi) is 2.91. The number of hydrogen-bond acceptors (Lipinski definition) is 7. The zero-order chi connectivity index (χ0) is 9.84. The smallest absolute Gasteiger partial charge is 0.360 e. The highest BCUT2D eigenvalue weighted by Gasteiger charge is 2.17. The maximum absolute atomic E-state index is 11.1. The molecule has 0 fully saturated rings. The third-order valence-electron chi connectivity index (χ3n) is 1.26. The summed E-state index contributed by atoms with van der Waals surface area (Å²) < 4.78 is 8.31. The number of carbonyl (C=O) groups is 1. The van der Waals surface area contributed by atoms with Crippen LogP contribution in [0.4, 0.5) is 5.13 Å². The number of nitrogens with two attached hydrogens (primary N) is 1. The van der Waals surface area contributed by atoms with Crippen LogP contribution in [0.3, 0.4) is 0 Å². The summed E-state index contributed by atoms with van der Waals surface area (Å²) in [5.41, 5.74) is 5.43. The number of anilines is 1. The Hall–Kier alpha value is -1.50. The lowest BCUT2D eigenvalue weighted by molar-refractivity contribution is -0.132. The minimum atomic E-state index is -0.569. The van der Waals surface area contributed by atoms with Crippen LogP contribution >= 0.6 is 11.5 Å². The van der Waals surface area contributed by atoms with E-state index in [2.05, 4.69) is 19.1 Å². The van der Waals surface area contributed by atoms with E-state index in [0.29, 0.717) is 5.13 Å². The predicted molar refractivity (Wildman–Crippen MR) is 48.8 cm³/mol. The van der Waals surface area contributed by atoms with E-state index < -0.39 is 5.97 Å². The fourth-order valence-corrected chi connectivity index (χ4v) is 1.15. The highest BCUT2D eigenvalue weighted by atomic mass is 32.1. The quantitative estimate of drug-likeness (QED) is 0.523. The molecule has 7 heteroatoms. The molecule has 0 aliphatic carbocycles. The van der Waals surface area contributed by atoms with Gasteiger partial charge in [-0.3, -0.25) is 4.99 Å². The molecular weight excluding hydrogens is 192 g/mol. The summed E-state index contributed by atoms with van der Waals surface area (Å²) >= 11 is 1.00. The van der Waals surface area contributed by atoms with Crippen LogP contribution in [0.1, 0.15) is 5.82 Å². The van der Waals surface area contributed by atoms with Crippen molar-refractivity contribution in [2.75, 3.05) is 19.9 Å². The van der Waals surface area contributed by atoms with Crippen molar-refractivity contribution in [1.29, 1.82) is 0 Å². The molecular formula is C6H8N4O2S. The zero-order valence-electron chi connectivity index (χ0n) is 7.14. The highest BCUT2D eigenvalue weighted by Crippen LogP contribution is 2.07. The lowest BCUT2D eigenvalue weighted by Gasteiger charge is -1.96. The average molecular weight is 200 g/mol. The van der Waals surface area contributed by atoms with Gasteiger partial charge in [0.15, 0.2) is 16.7 Å². The molecule has 1 heterocycles. The Morgan fingerprint density at radius 2 is 2.38 bits per heavy atom. The lowest BCUT2D eigenvalue weighted by Crippen LogP contribution is -2.18. The molecule has 0 saturated carbocycles. The molecule has 0 saturated heterocycles. The van der Waals surface area contributed by atoms with Crippen molar-refractivity contribution in [2.45, 2.75) is 0 Å². The number of methoxy groups -OCH3 is 1. The minimum absolute atomic E-state index is 0.0791. The van der Waals surface area contributed by atoms with Gasteiger partial charge in [0, 0.05) is 18.6 Å². The first-order valence-electron chi connectivity index (χ1n) is 3.33. The van der Waals surface area contributed by atoms with Crippen LogP contribution in [-0.2, 0) is 9.53 Å². The fourth-order valence-electron chi connectivity index (χ4n) is 0.711. The summed E-state index contributed by atoms with van der Waals surface area (Å²) in [4.78, 5) is 18.6. The number of nitrogen functional groups attached to an aromatic ring is 1. The Labute approximate surface area is 78.6 Å². The Morgan fingerprint density at radius 1 is 1.69 bits per heavy atom. The number of esters is 1. The molecule has 0 aromatic carbocycles. The highest BCUT2D eigenvalue weighted by molar-refractivity contribution is 7.09. The molecule has 0 bridgehead atoms. The van der Waals surface area contributed by atoms with E-state index in [1.54, 1.807) is 0 Å². The maximum Gasteiger partial charge on any atom is 0.360 e. The summed E-state index contributed by atoms with van der Waals surface area (Å²) in [5.74, 6) is -0.364. The van der Waals surface area contributed by atoms with Gasteiger partial charge in [-0.1, -0.05) is 0 Å². The van der Waals surface area contributed by atoms with E-state index in [-0.39, 0.29) is 11.5 Å². The van der Waals surface area contributed by atoms with Gasteiger partial charge in [0.25, 0.3) is 0 Å². The molecule has 0 radical (unpaired) electrons. The van der Waals surface area contributed by atoms with Crippen LogP contribution in [0.25, 0.3) is 0 Å². The number of carbonyl (C=O) groups excluding carboxylic acids is 1. The maximum atomic E-state index is 11.1. The second-order valence-corrected chi connectivity index (χ2v) is 2.80. The van der Waals surface area contributed by atoms with E-state index >= 15 is 0 Å². The van der Waals surface area contributed by atoms with E-state index in [9.17, 15) is 4.79 Å². The van der Waals surface area contributed by atoms with Crippen LogP contribution in [0.2, 0.25) is 0 Å². The molecule has 13 heavy (non-hydrogen) atoms. The largest absolute Gasteiger partial charge is 0.464 e. The molecule has 2 N–H and O–H groups in total. The van der Waals surface area contributed by atoms with E-state index in [0.717, 1.165) is 11.5 Å². The van der Waals surface area contributed by atoms with Crippen LogP contribution in [0.15, 0.2) is 4.99 Å². The van der Waals surface area contributed by atoms with E-state index in [1.165, 1.54) is 14.2 Å². The number of aromatic nitrogens is 2. The molecule has 1 rings (SSSR count). The van der Waals surface area contributed by atoms with Gasteiger partial charge < -0.3 is 10.5 Å². The second-order valence-electron chi connectivity index (χ2n) is 2.02. The van der Waals surface area contributed by atoms with Gasteiger partial charge in [0.2, 0.25) is 0 Å². The number of hydrogen-bond donors (Lipinski definition) is 1.